The van der Waals surface area contributed by atoms with Crippen LogP contribution in [0, 0.1) is 5.92 Å². The Morgan fingerprint density at radius 1 is 0.914 bits per heavy atom. The zero-order chi connectivity index (χ0) is 26.5. The third-order valence-electron chi connectivity index (χ3n) is 5.12. The van der Waals surface area contributed by atoms with E-state index in [4.69, 9.17) is 10.8 Å². The van der Waals surface area contributed by atoms with Gasteiger partial charge in [-0.1, -0.05) is 44.2 Å². The van der Waals surface area contributed by atoms with Gasteiger partial charge in [0.1, 0.15) is 18.1 Å². The zero-order valence-electron chi connectivity index (χ0n) is 20.0. The maximum atomic E-state index is 13.0. The molecule has 0 aliphatic rings. The molecule has 3 amide bonds. The molecule has 12 heteroatoms. The normalized spacial score (nSPS) is 14.3. The molecule has 1 rings (SSSR count). The van der Waals surface area contributed by atoms with Gasteiger partial charge in [-0.2, -0.15) is 11.8 Å². The summed E-state index contributed by atoms with van der Waals surface area (Å²) in [5.74, 6) is -4.48. The largest absolute Gasteiger partial charge is 0.481 e. The lowest BCUT2D eigenvalue weighted by atomic mass is 10.0. The van der Waals surface area contributed by atoms with Crippen LogP contribution in [0.2, 0.25) is 0 Å². The summed E-state index contributed by atoms with van der Waals surface area (Å²) in [4.78, 5) is 60.7. The van der Waals surface area contributed by atoms with Gasteiger partial charge in [0.15, 0.2) is 0 Å². The second-order valence-electron chi connectivity index (χ2n) is 8.37. The molecule has 0 fully saturated rings. The summed E-state index contributed by atoms with van der Waals surface area (Å²) >= 11 is 1.45. The van der Waals surface area contributed by atoms with E-state index in [0.717, 1.165) is 5.56 Å². The SMILES string of the molecule is CSCCC(NC(=O)C(NC(=O)C(N)CC(=O)O)C(C)C)C(=O)NC(Cc1ccccc1)C(=O)O. The molecular weight excluding hydrogens is 476 g/mol. The smallest absolute Gasteiger partial charge is 0.326 e. The number of hydrogen-bond donors (Lipinski definition) is 6. The standard InChI is InChI=1S/C23H34N4O7S/c1-13(2)19(27-20(30)15(24)12-18(28)29)22(32)25-16(9-10-35-3)21(31)26-17(23(33)34)11-14-7-5-4-6-8-14/h4-8,13,15-17,19H,9-12,24H2,1-3H3,(H,25,32)(H,26,31)(H,27,30)(H,28,29)(H,33,34). The molecule has 0 saturated carbocycles. The van der Waals surface area contributed by atoms with Gasteiger partial charge in [0.05, 0.1) is 12.5 Å². The zero-order valence-corrected chi connectivity index (χ0v) is 20.8. The summed E-state index contributed by atoms with van der Waals surface area (Å²) in [5.41, 5.74) is 6.31. The molecule has 0 aliphatic heterocycles. The summed E-state index contributed by atoms with van der Waals surface area (Å²) in [6.45, 7) is 3.34. The van der Waals surface area contributed by atoms with Gasteiger partial charge in [-0.3, -0.25) is 19.2 Å². The van der Waals surface area contributed by atoms with Crippen LogP contribution in [0.3, 0.4) is 0 Å². The highest BCUT2D eigenvalue weighted by atomic mass is 32.2. The van der Waals surface area contributed by atoms with Crippen molar-refractivity contribution in [2.24, 2.45) is 11.7 Å². The van der Waals surface area contributed by atoms with Crippen molar-refractivity contribution in [3.05, 3.63) is 35.9 Å². The number of amides is 3. The number of rotatable bonds is 15. The number of carbonyl (C=O) groups is 5. The van der Waals surface area contributed by atoms with Gasteiger partial charge < -0.3 is 31.9 Å². The number of benzene rings is 1. The van der Waals surface area contributed by atoms with E-state index in [0.29, 0.717) is 5.75 Å². The van der Waals surface area contributed by atoms with E-state index in [1.165, 1.54) is 11.8 Å². The fraction of sp³-hybridized carbons (Fsp3) is 0.522. The van der Waals surface area contributed by atoms with E-state index in [1.54, 1.807) is 44.2 Å². The lowest BCUT2D eigenvalue weighted by molar-refractivity contribution is -0.142. The summed E-state index contributed by atoms with van der Waals surface area (Å²) in [6, 6.07) is 4.16. The number of thioether (sulfide) groups is 1. The Morgan fingerprint density at radius 2 is 1.51 bits per heavy atom. The molecule has 7 N–H and O–H groups in total. The van der Waals surface area contributed by atoms with Gasteiger partial charge in [0.2, 0.25) is 17.7 Å². The van der Waals surface area contributed by atoms with E-state index in [-0.39, 0.29) is 12.8 Å². The number of carboxylic acid groups (broad SMARTS) is 2. The van der Waals surface area contributed by atoms with Crippen molar-refractivity contribution in [2.75, 3.05) is 12.0 Å². The fourth-order valence-corrected chi connectivity index (χ4v) is 3.64. The van der Waals surface area contributed by atoms with E-state index in [1.807, 2.05) is 6.26 Å². The van der Waals surface area contributed by atoms with Crippen LogP contribution in [0.1, 0.15) is 32.3 Å². The van der Waals surface area contributed by atoms with E-state index < -0.39 is 66.2 Å². The number of hydrogen-bond acceptors (Lipinski definition) is 7. The van der Waals surface area contributed by atoms with Gasteiger partial charge in [-0.15, -0.1) is 0 Å². The monoisotopic (exact) mass is 510 g/mol. The van der Waals surface area contributed by atoms with Crippen molar-refractivity contribution >= 4 is 41.4 Å². The average Bonchev–Trinajstić information content (AvgIpc) is 2.79. The Hall–Kier alpha value is -3.12. The Bertz CT molecular complexity index is 882. The summed E-state index contributed by atoms with van der Waals surface area (Å²) in [5, 5.41) is 25.9. The third-order valence-corrected chi connectivity index (χ3v) is 5.76. The lowest BCUT2D eigenvalue weighted by Gasteiger charge is -2.27. The Morgan fingerprint density at radius 3 is 2.03 bits per heavy atom. The van der Waals surface area contributed by atoms with Gasteiger partial charge >= 0.3 is 11.9 Å². The maximum Gasteiger partial charge on any atom is 0.326 e. The number of nitrogens with one attached hydrogen (secondary N) is 3. The molecule has 0 radical (unpaired) electrons. The molecule has 11 nitrogen and oxygen atoms in total. The Kier molecular flexibility index (Phi) is 12.8. The van der Waals surface area contributed by atoms with Gasteiger partial charge in [0, 0.05) is 6.42 Å². The predicted molar refractivity (Wildman–Crippen MR) is 132 cm³/mol. The number of nitrogens with two attached hydrogens (primary N) is 1. The topological polar surface area (TPSA) is 188 Å². The molecule has 0 saturated heterocycles. The minimum absolute atomic E-state index is 0.0667. The Balaban J connectivity index is 2.95. The van der Waals surface area contributed by atoms with E-state index in [2.05, 4.69) is 16.0 Å². The highest BCUT2D eigenvalue weighted by Gasteiger charge is 2.32. The van der Waals surface area contributed by atoms with E-state index >= 15 is 0 Å². The van der Waals surface area contributed by atoms with Crippen LogP contribution < -0.4 is 21.7 Å². The van der Waals surface area contributed by atoms with Crippen molar-refractivity contribution in [1.29, 1.82) is 0 Å². The van der Waals surface area contributed by atoms with Crippen LogP contribution in [0.15, 0.2) is 30.3 Å². The highest BCUT2D eigenvalue weighted by Crippen LogP contribution is 2.08. The first-order chi connectivity index (χ1) is 16.5. The first-order valence-corrected chi connectivity index (χ1v) is 12.5. The molecule has 4 unspecified atom stereocenters. The first-order valence-electron chi connectivity index (χ1n) is 11.1. The second-order valence-corrected chi connectivity index (χ2v) is 9.35. The van der Waals surface area contributed by atoms with Crippen LogP contribution in [0.4, 0.5) is 0 Å². The van der Waals surface area contributed by atoms with Gasteiger partial charge in [-0.25, -0.2) is 4.79 Å². The number of aliphatic carboxylic acids is 2. The van der Waals surface area contributed by atoms with Gasteiger partial charge in [-0.05, 0) is 29.9 Å². The highest BCUT2D eigenvalue weighted by molar-refractivity contribution is 7.98. The van der Waals surface area contributed by atoms with Crippen molar-refractivity contribution in [3.63, 3.8) is 0 Å². The molecule has 194 valence electrons. The quantitative estimate of drug-likeness (QED) is 0.188. The predicted octanol–water partition coefficient (Wildman–Crippen LogP) is -0.0208. The van der Waals surface area contributed by atoms with Crippen molar-refractivity contribution in [3.8, 4) is 0 Å². The molecule has 4 atom stereocenters. The molecule has 0 bridgehead atoms. The molecule has 0 aromatic heterocycles. The maximum absolute atomic E-state index is 13.0. The molecule has 1 aromatic carbocycles. The summed E-state index contributed by atoms with van der Waals surface area (Å²) < 4.78 is 0. The average molecular weight is 511 g/mol. The van der Waals surface area contributed by atoms with E-state index in [9.17, 15) is 29.1 Å². The second kappa shape index (κ2) is 15.0. The van der Waals surface area contributed by atoms with Crippen molar-refractivity contribution < 1.29 is 34.2 Å². The fourth-order valence-electron chi connectivity index (χ4n) is 3.16. The van der Waals surface area contributed by atoms with Crippen LogP contribution in [-0.4, -0.2) is 76.0 Å². The van der Waals surface area contributed by atoms with Crippen molar-refractivity contribution in [2.45, 2.75) is 57.3 Å². The summed E-state index contributed by atoms with van der Waals surface area (Å²) in [7, 11) is 0. The minimum atomic E-state index is -1.34. The summed E-state index contributed by atoms with van der Waals surface area (Å²) in [6.07, 6.45) is 1.52. The van der Waals surface area contributed by atoms with Crippen LogP contribution in [-0.2, 0) is 30.4 Å². The molecular formula is C23H34N4O7S. The number of carboxylic acids is 2. The minimum Gasteiger partial charge on any atom is -0.481 e. The first kappa shape index (κ1) is 29.9. The molecule has 0 aliphatic carbocycles. The van der Waals surface area contributed by atoms with Gasteiger partial charge in [0.25, 0.3) is 0 Å². The lowest BCUT2D eigenvalue weighted by Crippen LogP contribution is -2.58. The van der Waals surface area contributed by atoms with Crippen LogP contribution in [0.25, 0.3) is 0 Å². The molecule has 0 spiro atoms. The van der Waals surface area contributed by atoms with Crippen LogP contribution >= 0.6 is 11.8 Å². The molecule has 35 heavy (non-hydrogen) atoms. The number of carbonyl (C=O) groups excluding carboxylic acids is 3. The third kappa shape index (κ3) is 10.8. The molecule has 0 heterocycles. The molecule has 1 aromatic rings. The Labute approximate surface area is 208 Å². The van der Waals surface area contributed by atoms with Crippen molar-refractivity contribution in [1.82, 2.24) is 16.0 Å². The van der Waals surface area contributed by atoms with Crippen LogP contribution in [0.5, 0.6) is 0 Å².